The van der Waals surface area contributed by atoms with Crippen LogP contribution in [0, 0.1) is 18.7 Å². The van der Waals surface area contributed by atoms with Gasteiger partial charge in [0.2, 0.25) is 11.8 Å². The van der Waals surface area contributed by atoms with E-state index in [1.807, 2.05) is 6.92 Å². The molecule has 0 bridgehead atoms. The number of amides is 2. The monoisotopic (exact) mass is 333 g/mol. The number of piperidine rings is 1. The highest BCUT2D eigenvalue weighted by Crippen LogP contribution is 2.28. The molecule has 2 N–H and O–H groups in total. The van der Waals surface area contributed by atoms with Gasteiger partial charge < -0.3 is 15.5 Å². The molecular weight excluding hydrogens is 309 g/mol. The van der Waals surface area contributed by atoms with E-state index >= 15 is 0 Å². The summed E-state index contributed by atoms with van der Waals surface area (Å²) in [5.74, 6) is -0.280. The highest BCUT2D eigenvalue weighted by molar-refractivity contribution is 5.87. The fourth-order valence-corrected chi connectivity index (χ4v) is 3.22. The molecule has 6 heteroatoms. The molecule has 1 atom stereocenters. The minimum atomic E-state index is -0.232. The Bertz CT molecular complexity index is 631. The quantitative estimate of drug-likeness (QED) is 0.863. The Kier molecular flexibility index (Phi) is 5.02. The van der Waals surface area contributed by atoms with Crippen LogP contribution in [0.2, 0.25) is 0 Å². The number of benzene rings is 1. The van der Waals surface area contributed by atoms with E-state index in [4.69, 9.17) is 0 Å². The minimum Gasteiger partial charge on any atom is -0.369 e. The predicted molar refractivity (Wildman–Crippen MR) is 90.2 cm³/mol. The number of rotatable bonds is 5. The molecule has 2 fully saturated rings. The largest absolute Gasteiger partial charge is 0.369 e. The molecule has 1 saturated heterocycles. The van der Waals surface area contributed by atoms with Gasteiger partial charge in [-0.1, -0.05) is 0 Å². The Morgan fingerprint density at radius 1 is 1.29 bits per heavy atom. The summed E-state index contributed by atoms with van der Waals surface area (Å²) in [6.07, 6.45) is 3.75. The van der Waals surface area contributed by atoms with E-state index in [-0.39, 0.29) is 36.1 Å². The second kappa shape index (κ2) is 7.20. The van der Waals surface area contributed by atoms with E-state index < -0.39 is 0 Å². The van der Waals surface area contributed by atoms with Gasteiger partial charge in [0, 0.05) is 30.7 Å². The number of nitrogens with zero attached hydrogens (tertiary/aromatic N) is 1. The van der Waals surface area contributed by atoms with Crippen LogP contribution in [0.25, 0.3) is 0 Å². The molecule has 5 nitrogen and oxygen atoms in total. The van der Waals surface area contributed by atoms with Crippen molar-refractivity contribution in [3.05, 3.63) is 29.6 Å². The Morgan fingerprint density at radius 2 is 2.08 bits per heavy atom. The van der Waals surface area contributed by atoms with Crippen molar-refractivity contribution in [2.24, 2.45) is 5.92 Å². The number of halogens is 1. The second-order valence-electron chi connectivity index (χ2n) is 6.78. The SMILES string of the molecule is Cc1cc(F)ccc1N1CCCC(NC(=O)CNC(=O)C2CC2)C1. The average Bonchev–Trinajstić information content (AvgIpc) is 3.38. The topological polar surface area (TPSA) is 61.4 Å². The van der Waals surface area contributed by atoms with Crippen molar-refractivity contribution < 1.29 is 14.0 Å². The Morgan fingerprint density at radius 3 is 2.79 bits per heavy atom. The van der Waals surface area contributed by atoms with E-state index in [2.05, 4.69) is 15.5 Å². The summed E-state index contributed by atoms with van der Waals surface area (Å²) in [5.41, 5.74) is 1.91. The van der Waals surface area contributed by atoms with Crippen molar-refractivity contribution in [3.63, 3.8) is 0 Å². The maximum atomic E-state index is 13.3. The van der Waals surface area contributed by atoms with Crippen molar-refractivity contribution in [2.75, 3.05) is 24.5 Å². The van der Waals surface area contributed by atoms with Gasteiger partial charge in [-0.05, 0) is 56.4 Å². The highest BCUT2D eigenvalue weighted by Gasteiger charge is 2.30. The number of hydrogen-bond donors (Lipinski definition) is 2. The van der Waals surface area contributed by atoms with Crippen LogP contribution in [0.4, 0.5) is 10.1 Å². The first-order valence-electron chi connectivity index (χ1n) is 8.61. The van der Waals surface area contributed by atoms with Gasteiger partial charge in [-0.3, -0.25) is 9.59 Å². The maximum absolute atomic E-state index is 13.3. The van der Waals surface area contributed by atoms with Crippen LogP contribution in [0.15, 0.2) is 18.2 Å². The summed E-state index contributed by atoms with van der Waals surface area (Å²) >= 11 is 0. The Labute approximate surface area is 141 Å². The smallest absolute Gasteiger partial charge is 0.239 e. The number of anilines is 1. The third-order valence-corrected chi connectivity index (χ3v) is 4.66. The zero-order valence-electron chi connectivity index (χ0n) is 14.0. The van der Waals surface area contributed by atoms with Gasteiger partial charge in [-0.2, -0.15) is 0 Å². The van der Waals surface area contributed by atoms with Crippen molar-refractivity contribution in [1.82, 2.24) is 10.6 Å². The van der Waals surface area contributed by atoms with E-state index in [0.29, 0.717) is 6.54 Å². The first kappa shape index (κ1) is 16.7. The van der Waals surface area contributed by atoms with Gasteiger partial charge in [0.15, 0.2) is 0 Å². The summed E-state index contributed by atoms with van der Waals surface area (Å²) < 4.78 is 13.3. The molecule has 130 valence electrons. The second-order valence-corrected chi connectivity index (χ2v) is 6.78. The third-order valence-electron chi connectivity index (χ3n) is 4.66. The van der Waals surface area contributed by atoms with Gasteiger partial charge in [0.05, 0.1) is 6.54 Å². The van der Waals surface area contributed by atoms with Crippen molar-refractivity contribution in [3.8, 4) is 0 Å². The first-order chi connectivity index (χ1) is 11.5. The summed E-state index contributed by atoms with van der Waals surface area (Å²) in [6.45, 7) is 3.54. The van der Waals surface area contributed by atoms with E-state index in [9.17, 15) is 14.0 Å². The van der Waals surface area contributed by atoms with Crippen LogP contribution < -0.4 is 15.5 Å². The fourth-order valence-electron chi connectivity index (χ4n) is 3.22. The molecule has 1 aromatic carbocycles. The number of nitrogens with one attached hydrogen (secondary N) is 2. The molecule has 0 radical (unpaired) electrons. The van der Waals surface area contributed by atoms with E-state index in [1.165, 1.54) is 12.1 Å². The standard InChI is InChI=1S/C18H24FN3O2/c1-12-9-14(19)6-7-16(12)22-8-2-3-15(11-22)21-17(23)10-20-18(24)13-4-5-13/h6-7,9,13,15H,2-5,8,10-11H2,1H3,(H,20,24)(H,21,23). The van der Waals surface area contributed by atoms with Crippen molar-refractivity contribution in [2.45, 2.75) is 38.6 Å². The number of carbonyl (C=O) groups excluding carboxylic acids is 2. The maximum Gasteiger partial charge on any atom is 0.239 e. The van der Waals surface area contributed by atoms with Gasteiger partial charge in [-0.25, -0.2) is 4.39 Å². The summed E-state index contributed by atoms with van der Waals surface area (Å²) in [7, 11) is 0. The summed E-state index contributed by atoms with van der Waals surface area (Å²) in [6, 6.07) is 4.85. The van der Waals surface area contributed by atoms with Gasteiger partial charge in [0.25, 0.3) is 0 Å². The third kappa shape index (κ3) is 4.24. The number of carbonyl (C=O) groups is 2. The fraction of sp³-hybridized carbons (Fsp3) is 0.556. The lowest BCUT2D eigenvalue weighted by atomic mass is 10.0. The molecule has 3 rings (SSSR count). The number of hydrogen-bond acceptors (Lipinski definition) is 3. The van der Waals surface area contributed by atoms with Crippen LogP contribution in [0.1, 0.15) is 31.2 Å². The lowest BCUT2D eigenvalue weighted by Gasteiger charge is -2.35. The Hall–Kier alpha value is -2.11. The molecule has 2 aliphatic rings. The molecule has 1 aromatic rings. The summed E-state index contributed by atoms with van der Waals surface area (Å²) in [5, 5.41) is 5.68. The lowest BCUT2D eigenvalue weighted by molar-refractivity contribution is -0.127. The molecule has 24 heavy (non-hydrogen) atoms. The molecule has 1 heterocycles. The molecule has 1 aliphatic heterocycles. The van der Waals surface area contributed by atoms with Crippen LogP contribution in [-0.4, -0.2) is 37.5 Å². The molecule has 0 aromatic heterocycles. The van der Waals surface area contributed by atoms with Crippen molar-refractivity contribution in [1.29, 1.82) is 0 Å². The van der Waals surface area contributed by atoms with Crippen LogP contribution >= 0.6 is 0 Å². The van der Waals surface area contributed by atoms with E-state index in [1.54, 1.807) is 6.07 Å². The zero-order chi connectivity index (χ0) is 17.1. The Balaban J connectivity index is 1.51. The first-order valence-corrected chi connectivity index (χ1v) is 8.61. The molecule has 1 unspecified atom stereocenters. The minimum absolute atomic E-state index is 0.0163. The van der Waals surface area contributed by atoms with Gasteiger partial charge in [0.1, 0.15) is 5.82 Å². The molecule has 0 spiro atoms. The van der Waals surface area contributed by atoms with Gasteiger partial charge >= 0.3 is 0 Å². The van der Waals surface area contributed by atoms with Gasteiger partial charge in [-0.15, -0.1) is 0 Å². The van der Waals surface area contributed by atoms with Crippen LogP contribution in [0.3, 0.4) is 0 Å². The van der Waals surface area contributed by atoms with Crippen LogP contribution in [-0.2, 0) is 9.59 Å². The molecular formula is C18H24FN3O2. The molecule has 1 aliphatic carbocycles. The average molecular weight is 333 g/mol. The normalized spacial score (nSPS) is 20.6. The van der Waals surface area contributed by atoms with Crippen molar-refractivity contribution >= 4 is 17.5 Å². The highest BCUT2D eigenvalue weighted by atomic mass is 19.1. The van der Waals surface area contributed by atoms with Crippen LogP contribution in [0.5, 0.6) is 0 Å². The summed E-state index contributed by atoms with van der Waals surface area (Å²) in [4.78, 5) is 25.8. The number of aryl methyl sites for hydroxylation is 1. The lowest BCUT2D eigenvalue weighted by Crippen LogP contribution is -2.50. The predicted octanol–water partition coefficient (Wildman–Crippen LogP) is 1.75. The zero-order valence-corrected chi connectivity index (χ0v) is 14.0. The van der Waals surface area contributed by atoms with E-state index in [0.717, 1.165) is 43.5 Å². The molecule has 2 amide bonds. The molecule has 1 saturated carbocycles.